The Kier molecular flexibility index (Phi) is 5.97. The van der Waals surface area contributed by atoms with E-state index in [1.54, 1.807) is 12.1 Å². The average Bonchev–Trinajstić information content (AvgIpc) is 2.54. The summed E-state index contributed by atoms with van der Waals surface area (Å²) in [6.45, 7) is 6.29. The number of esters is 1. The zero-order valence-corrected chi connectivity index (χ0v) is 14.6. The number of rotatable bonds is 4. The molecule has 24 heavy (non-hydrogen) atoms. The van der Waals surface area contributed by atoms with Crippen molar-refractivity contribution < 1.29 is 18.7 Å². The van der Waals surface area contributed by atoms with Crippen LogP contribution in [-0.4, -0.2) is 18.5 Å². The summed E-state index contributed by atoms with van der Waals surface area (Å²) in [6, 6.07) is 5.88. The third-order valence-corrected chi connectivity index (χ3v) is 4.78. The second-order valence-electron chi connectivity index (χ2n) is 7.55. The molecule has 1 saturated carbocycles. The van der Waals surface area contributed by atoms with Crippen molar-refractivity contribution in [2.75, 3.05) is 11.9 Å². The minimum Gasteiger partial charge on any atom is -0.455 e. The quantitative estimate of drug-likeness (QED) is 0.841. The molecule has 1 fully saturated rings. The number of anilines is 1. The Labute approximate surface area is 142 Å². The molecule has 2 rings (SSSR count). The van der Waals surface area contributed by atoms with E-state index in [0.717, 1.165) is 25.7 Å². The van der Waals surface area contributed by atoms with E-state index in [9.17, 15) is 14.0 Å². The van der Waals surface area contributed by atoms with Crippen molar-refractivity contribution in [2.24, 2.45) is 17.3 Å². The van der Waals surface area contributed by atoms with E-state index >= 15 is 0 Å². The van der Waals surface area contributed by atoms with Crippen LogP contribution in [0.15, 0.2) is 24.3 Å². The van der Waals surface area contributed by atoms with Crippen LogP contribution < -0.4 is 5.32 Å². The summed E-state index contributed by atoms with van der Waals surface area (Å²) in [6.07, 6.45) is 3.61. The van der Waals surface area contributed by atoms with Crippen LogP contribution in [0.25, 0.3) is 0 Å². The van der Waals surface area contributed by atoms with Crippen molar-refractivity contribution in [1.82, 2.24) is 0 Å². The monoisotopic (exact) mass is 335 g/mol. The van der Waals surface area contributed by atoms with Gasteiger partial charge in [0.25, 0.3) is 5.91 Å². The summed E-state index contributed by atoms with van der Waals surface area (Å²) >= 11 is 0. The van der Waals surface area contributed by atoms with E-state index in [4.69, 9.17) is 4.74 Å². The van der Waals surface area contributed by atoms with Gasteiger partial charge in [-0.3, -0.25) is 9.59 Å². The predicted octanol–water partition coefficient (Wildman–Crippen LogP) is 4.16. The number of hydrogen-bond donors (Lipinski definition) is 1. The van der Waals surface area contributed by atoms with Gasteiger partial charge in [0.05, 0.1) is 11.6 Å². The molecule has 0 saturated heterocycles. The van der Waals surface area contributed by atoms with Crippen molar-refractivity contribution in [2.45, 2.75) is 46.5 Å². The van der Waals surface area contributed by atoms with Crippen LogP contribution >= 0.6 is 0 Å². The summed E-state index contributed by atoms with van der Waals surface area (Å²) in [5.74, 6) is -0.892. The molecule has 1 aliphatic rings. The molecular weight excluding hydrogens is 309 g/mol. The summed E-state index contributed by atoms with van der Waals surface area (Å²) in [5.41, 5.74) is 0.346. The first-order chi connectivity index (χ1) is 11.3. The lowest BCUT2D eigenvalue weighted by Crippen LogP contribution is -2.31. The standard InChI is InChI=1S/C19H26FNO3/c1-19(2,3)14-10-8-13(9-11-14)18(23)24-12-17(22)21-16-7-5-4-6-15(16)20/h4-7,13-14H,8-12H2,1-3H3,(H,21,22). The maximum Gasteiger partial charge on any atom is 0.309 e. The largest absolute Gasteiger partial charge is 0.455 e. The molecule has 0 bridgehead atoms. The zero-order valence-electron chi connectivity index (χ0n) is 14.6. The molecular formula is C19H26FNO3. The highest BCUT2D eigenvalue weighted by Crippen LogP contribution is 2.40. The van der Waals surface area contributed by atoms with E-state index < -0.39 is 11.7 Å². The Bertz CT molecular complexity index is 587. The van der Waals surface area contributed by atoms with E-state index in [1.165, 1.54) is 12.1 Å². The van der Waals surface area contributed by atoms with E-state index in [-0.39, 0.29) is 29.6 Å². The molecule has 132 valence electrons. The van der Waals surface area contributed by atoms with Gasteiger partial charge in [0.1, 0.15) is 5.82 Å². The number of hydrogen-bond acceptors (Lipinski definition) is 3. The molecule has 1 aliphatic carbocycles. The maximum absolute atomic E-state index is 13.5. The Morgan fingerprint density at radius 2 is 1.79 bits per heavy atom. The van der Waals surface area contributed by atoms with Crippen LogP contribution in [0.3, 0.4) is 0 Å². The number of nitrogens with one attached hydrogen (secondary N) is 1. The first kappa shape index (κ1) is 18.4. The Balaban J connectivity index is 1.75. The molecule has 0 heterocycles. The van der Waals surface area contributed by atoms with E-state index in [0.29, 0.717) is 5.92 Å². The topological polar surface area (TPSA) is 55.4 Å². The number of carbonyl (C=O) groups is 2. The van der Waals surface area contributed by atoms with Crippen molar-refractivity contribution in [3.8, 4) is 0 Å². The van der Waals surface area contributed by atoms with Crippen LogP contribution in [0.5, 0.6) is 0 Å². The fourth-order valence-electron chi connectivity index (χ4n) is 3.20. The fourth-order valence-corrected chi connectivity index (χ4v) is 3.20. The molecule has 1 N–H and O–H groups in total. The molecule has 0 aromatic heterocycles. The highest BCUT2D eigenvalue weighted by molar-refractivity contribution is 5.93. The molecule has 0 atom stereocenters. The van der Waals surface area contributed by atoms with Gasteiger partial charge < -0.3 is 10.1 Å². The first-order valence-corrected chi connectivity index (χ1v) is 8.48. The maximum atomic E-state index is 13.5. The van der Waals surface area contributed by atoms with Gasteiger partial charge in [0.2, 0.25) is 0 Å². The summed E-state index contributed by atoms with van der Waals surface area (Å²) < 4.78 is 18.6. The second-order valence-corrected chi connectivity index (χ2v) is 7.55. The van der Waals surface area contributed by atoms with Crippen LogP contribution in [-0.2, 0) is 14.3 Å². The molecule has 0 radical (unpaired) electrons. The molecule has 0 spiro atoms. The van der Waals surface area contributed by atoms with Crippen molar-refractivity contribution in [1.29, 1.82) is 0 Å². The number of carbonyl (C=O) groups excluding carboxylic acids is 2. The van der Waals surface area contributed by atoms with Gasteiger partial charge in [-0.25, -0.2) is 4.39 Å². The number of benzene rings is 1. The normalized spacial score (nSPS) is 21.2. The number of para-hydroxylation sites is 1. The van der Waals surface area contributed by atoms with Crippen molar-refractivity contribution in [3.05, 3.63) is 30.1 Å². The molecule has 5 heteroatoms. The third-order valence-electron chi connectivity index (χ3n) is 4.78. The summed E-state index contributed by atoms with van der Waals surface area (Å²) in [7, 11) is 0. The van der Waals surface area contributed by atoms with Gasteiger partial charge in [0, 0.05) is 0 Å². The minimum absolute atomic E-state index is 0.0873. The fraction of sp³-hybridized carbons (Fsp3) is 0.579. The lowest BCUT2D eigenvalue weighted by molar-refractivity contribution is -0.153. The molecule has 1 aromatic carbocycles. The second kappa shape index (κ2) is 7.77. The van der Waals surface area contributed by atoms with Crippen LogP contribution in [0.2, 0.25) is 0 Å². The molecule has 0 unspecified atom stereocenters. The zero-order chi connectivity index (χ0) is 17.7. The van der Waals surface area contributed by atoms with Gasteiger partial charge in [-0.1, -0.05) is 32.9 Å². The SMILES string of the molecule is CC(C)(C)C1CCC(C(=O)OCC(=O)Nc2ccccc2F)CC1. The lowest BCUT2D eigenvalue weighted by atomic mass is 9.70. The van der Waals surface area contributed by atoms with Gasteiger partial charge in [0.15, 0.2) is 6.61 Å². The lowest BCUT2D eigenvalue weighted by Gasteiger charge is -2.36. The van der Waals surface area contributed by atoms with Crippen LogP contribution in [0.4, 0.5) is 10.1 Å². The molecule has 1 amide bonds. The minimum atomic E-state index is -0.531. The van der Waals surface area contributed by atoms with Crippen molar-refractivity contribution >= 4 is 17.6 Å². The van der Waals surface area contributed by atoms with Gasteiger partial charge in [-0.2, -0.15) is 0 Å². The summed E-state index contributed by atoms with van der Waals surface area (Å²) in [4.78, 5) is 23.9. The number of ether oxygens (including phenoxy) is 1. The smallest absolute Gasteiger partial charge is 0.309 e. The average molecular weight is 335 g/mol. The number of halogens is 1. The summed E-state index contributed by atoms with van der Waals surface area (Å²) in [5, 5.41) is 2.40. The highest BCUT2D eigenvalue weighted by Gasteiger charge is 2.33. The Hall–Kier alpha value is -1.91. The van der Waals surface area contributed by atoms with Crippen LogP contribution in [0.1, 0.15) is 46.5 Å². The van der Waals surface area contributed by atoms with E-state index in [2.05, 4.69) is 26.1 Å². The van der Waals surface area contributed by atoms with Gasteiger partial charge in [-0.15, -0.1) is 0 Å². The van der Waals surface area contributed by atoms with Crippen molar-refractivity contribution in [3.63, 3.8) is 0 Å². The Morgan fingerprint density at radius 3 is 2.38 bits per heavy atom. The number of amides is 1. The van der Waals surface area contributed by atoms with E-state index in [1.807, 2.05) is 0 Å². The molecule has 0 aliphatic heterocycles. The third kappa shape index (κ3) is 5.05. The van der Waals surface area contributed by atoms with Gasteiger partial charge >= 0.3 is 5.97 Å². The molecule has 1 aromatic rings. The van der Waals surface area contributed by atoms with Crippen LogP contribution in [0, 0.1) is 23.1 Å². The first-order valence-electron chi connectivity index (χ1n) is 8.48. The van der Waals surface area contributed by atoms with Gasteiger partial charge in [-0.05, 0) is 49.1 Å². The highest BCUT2D eigenvalue weighted by atomic mass is 19.1. The predicted molar refractivity (Wildman–Crippen MR) is 90.9 cm³/mol. The molecule has 4 nitrogen and oxygen atoms in total. The Morgan fingerprint density at radius 1 is 1.17 bits per heavy atom.